The lowest BCUT2D eigenvalue weighted by atomic mass is 9.97. The highest BCUT2D eigenvalue weighted by Gasteiger charge is 2.62. The molecule has 0 aliphatic carbocycles. The highest BCUT2D eigenvalue weighted by Crippen LogP contribution is 2.39. The van der Waals surface area contributed by atoms with E-state index in [1.165, 1.54) is 12.1 Å². The van der Waals surface area contributed by atoms with Gasteiger partial charge in [-0.3, -0.25) is 10.1 Å². The van der Waals surface area contributed by atoms with Gasteiger partial charge in [-0.2, -0.15) is 22.0 Å². The van der Waals surface area contributed by atoms with E-state index in [1.54, 1.807) is 13.8 Å². The molecule has 6 nitrogen and oxygen atoms in total. The van der Waals surface area contributed by atoms with E-state index in [2.05, 4.69) is 9.47 Å². The summed E-state index contributed by atoms with van der Waals surface area (Å²) in [5.74, 6) is -1.13. The molecule has 24 heavy (non-hydrogen) atoms. The summed E-state index contributed by atoms with van der Waals surface area (Å²) in [4.78, 5) is 21.3. The van der Waals surface area contributed by atoms with Gasteiger partial charge in [-0.05, 0) is 12.3 Å². The van der Waals surface area contributed by atoms with Gasteiger partial charge in [0.25, 0.3) is 0 Å². The predicted octanol–water partition coefficient (Wildman–Crippen LogP) is 4.78. The first-order valence-corrected chi connectivity index (χ1v) is 6.53. The van der Waals surface area contributed by atoms with Crippen LogP contribution in [0.25, 0.3) is 0 Å². The molecule has 0 saturated carbocycles. The van der Waals surface area contributed by atoms with Crippen LogP contribution in [-0.4, -0.2) is 23.4 Å². The van der Waals surface area contributed by atoms with Crippen molar-refractivity contribution in [2.75, 3.05) is 0 Å². The van der Waals surface area contributed by atoms with E-state index in [4.69, 9.17) is 0 Å². The molecule has 0 radical (unpaired) electrons. The number of ether oxygens (including phenoxy) is 2. The molecule has 0 aliphatic rings. The molecule has 0 aromatic heterocycles. The van der Waals surface area contributed by atoms with Crippen molar-refractivity contribution in [3.8, 4) is 5.75 Å². The second-order valence-electron chi connectivity index (χ2n) is 4.73. The minimum atomic E-state index is -6.14. The Kier molecular flexibility index (Phi) is 5.69. The molecule has 0 bridgehead atoms. The smallest absolute Gasteiger partial charge is 0.387 e. The fourth-order valence-corrected chi connectivity index (χ4v) is 1.67. The molecule has 0 spiro atoms. The van der Waals surface area contributed by atoms with E-state index >= 15 is 0 Å². The Bertz CT molecular complexity index is 632. The summed E-state index contributed by atoms with van der Waals surface area (Å²) in [6, 6.07) is 3.50. The van der Waals surface area contributed by atoms with Crippen molar-refractivity contribution < 1.29 is 41.1 Å². The zero-order valence-corrected chi connectivity index (χ0v) is 12.4. The fourth-order valence-electron chi connectivity index (χ4n) is 1.67. The van der Waals surface area contributed by atoms with Crippen LogP contribution in [0, 0.1) is 10.1 Å². The van der Waals surface area contributed by atoms with E-state index in [1.807, 2.05) is 0 Å². The van der Waals surface area contributed by atoms with E-state index in [0.29, 0.717) is 6.42 Å². The summed E-state index contributed by atoms with van der Waals surface area (Å²) >= 11 is 0. The molecule has 0 saturated heterocycles. The molecule has 0 fully saturated rings. The Labute approximate surface area is 132 Å². The highest BCUT2D eigenvalue weighted by atomic mass is 19.4. The zero-order chi connectivity index (χ0) is 18.7. The van der Waals surface area contributed by atoms with Crippen LogP contribution in [0.15, 0.2) is 18.2 Å². The molecule has 1 aromatic rings. The van der Waals surface area contributed by atoms with Gasteiger partial charge in [0, 0.05) is 11.6 Å². The van der Waals surface area contributed by atoms with E-state index in [0.717, 1.165) is 6.07 Å². The third kappa shape index (κ3) is 4.30. The second-order valence-corrected chi connectivity index (χ2v) is 4.73. The molecular weight excluding hydrogens is 345 g/mol. The zero-order valence-electron chi connectivity index (χ0n) is 12.4. The van der Waals surface area contributed by atoms with Gasteiger partial charge in [-0.25, -0.2) is 4.79 Å². The lowest BCUT2D eigenvalue weighted by Gasteiger charge is -2.19. The number of carbonyl (C=O) groups excluding carboxylic acids is 1. The number of nitrogens with zero attached hydrogens (tertiary/aromatic N) is 1. The monoisotopic (exact) mass is 357 g/mol. The van der Waals surface area contributed by atoms with Gasteiger partial charge in [0.2, 0.25) is 5.75 Å². The van der Waals surface area contributed by atoms with Gasteiger partial charge >= 0.3 is 24.1 Å². The minimum Gasteiger partial charge on any atom is -0.387 e. The predicted molar refractivity (Wildman–Crippen MR) is 69.9 cm³/mol. The highest BCUT2D eigenvalue weighted by molar-refractivity contribution is 5.68. The Morgan fingerprint density at radius 3 is 2.33 bits per heavy atom. The van der Waals surface area contributed by atoms with Crippen molar-refractivity contribution in [1.29, 1.82) is 0 Å². The number of nitro benzene ring substituents is 1. The first-order valence-electron chi connectivity index (χ1n) is 6.53. The molecule has 0 aliphatic heterocycles. The molecule has 134 valence electrons. The maximum atomic E-state index is 12.7. The normalized spacial score (nSPS) is 13.3. The number of hydrogen-bond acceptors (Lipinski definition) is 5. The molecule has 1 aromatic carbocycles. The van der Waals surface area contributed by atoms with Crippen molar-refractivity contribution in [1.82, 2.24) is 0 Å². The first kappa shape index (κ1) is 19.6. The topological polar surface area (TPSA) is 78.7 Å². The first-order chi connectivity index (χ1) is 10.9. The second kappa shape index (κ2) is 6.97. The number of benzene rings is 1. The standard InChI is InChI=1S/C13H12F5NO5/c1-3-7(2)8-5-4-6-9(19(21)22)10(8)23-11(20)24-13(17,18)12(14,15)16/h4-7H,3H2,1-2H3. The average molecular weight is 357 g/mol. The Hall–Kier alpha value is -2.46. The SMILES string of the molecule is CCC(C)c1cccc([N+](=O)[O-])c1OC(=O)OC(F)(F)C(F)(F)F. The number of nitro groups is 1. The van der Waals surface area contributed by atoms with Gasteiger partial charge in [-0.1, -0.05) is 26.0 Å². The van der Waals surface area contributed by atoms with Crippen LogP contribution >= 0.6 is 0 Å². The summed E-state index contributed by atoms with van der Waals surface area (Å²) < 4.78 is 68.7. The lowest BCUT2D eigenvalue weighted by molar-refractivity contribution is -0.386. The molecule has 0 N–H and O–H groups in total. The van der Waals surface area contributed by atoms with Crippen LogP contribution in [0.4, 0.5) is 32.4 Å². The average Bonchev–Trinajstić information content (AvgIpc) is 2.44. The van der Waals surface area contributed by atoms with E-state index < -0.39 is 40.7 Å². The summed E-state index contributed by atoms with van der Waals surface area (Å²) in [5.41, 5.74) is -0.668. The third-order valence-electron chi connectivity index (χ3n) is 3.09. The minimum absolute atomic E-state index is 0.0963. The van der Waals surface area contributed by atoms with Crippen LogP contribution < -0.4 is 4.74 Å². The van der Waals surface area contributed by atoms with Crippen molar-refractivity contribution in [3.63, 3.8) is 0 Å². The van der Waals surface area contributed by atoms with Crippen LogP contribution in [0.2, 0.25) is 0 Å². The van der Waals surface area contributed by atoms with Gasteiger partial charge in [0.1, 0.15) is 0 Å². The van der Waals surface area contributed by atoms with Crippen LogP contribution in [0.3, 0.4) is 0 Å². The van der Waals surface area contributed by atoms with Crippen molar-refractivity contribution in [2.45, 2.75) is 38.5 Å². The maximum Gasteiger partial charge on any atom is 0.519 e. The molecule has 0 amide bonds. The Morgan fingerprint density at radius 1 is 1.29 bits per heavy atom. The molecule has 11 heteroatoms. The summed E-state index contributed by atoms with van der Waals surface area (Å²) in [6.07, 6.45) is -13.9. The molecule has 1 atom stereocenters. The van der Waals surface area contributed by atoms with Gasteiger partial charge < -0.3 is 9.47 Å². The lowest BCUT2D eigenvalue weighted by Crippen LogP contribution is -2.41. The summed E-state index contributed by atoms with van der Waals surface area (Å²) in [5, 5.41) is 11.0. The van der Waals surface area contributed by atoms with Gasteiger partial charge in [0.05, 0.1) is 4.92 Å². The number of carbonyl (C=O) groups is 1. The number of para-hydroxylation sites is 1. The quantitative estimate of drug-likeness (QED) is 0.249. The molecular formula is C13H12F5NO5. The van der Waals surface area contributed by atoms with Crippen molar-refractivity contribution >= 4 is 11.8 Å². The molecule has 1 rings (SSSR count). The molecule has 1 unspecified atom stereocenters. The number of rotatable bonds is 5. The van der Waals surface area contributed by atoms with Crippen LogP contribution in [-0.2, 0) is 4.74 Å². The van der Waals surface area contributed by atoms with E-state index in [-0.39, 0.29) is 5.56 Å². The Balaban J connectivity index is 3.17. The van der Waals surface area contributed by atoms with Gasteiger partial charge in [-0.15, -0.1) is 0 Å². The fraction of sp³-hybridized carbons (Fsp3) is 0.462. The number of hydrogen-bond donors (Lipinski definition) is 0. The number of halogens is 5. The van der Waals surface area contributed by atoms with Gasteiger partial charge in [0.15, 0.2) is 0 Å². The largest absolute Gasteiger partial charge is 0.519 e. The van der Waals surface area contributed by atoms with Crippen molar-refractivity contribution in [2.24, 2.45) is 0 Å². The van der Waals surface area contributed by atoms with Crippen molar-refractivity contribution in [3.05, 3.63) is 33.9 Å². The summed E-state index contributed by atoms with van der Waals surface area (Å²) in [7, 11) is 0. The Morgan fingerprint density at radius 2 is 1.88 bits per heavy atom. The van der Waals surface area contributed by atoms with E-state index in [9.17, 15) is 36.9 Å². The molecule has 0 heterocycles. The summed E-state index contributed by atoms with van der Waals surface area (Å²) in [6.45, 7) is 3.30. The van der Waals surface area contributed by atoms with Crippen LogP contribution in [0.1, 0.15) is 31.7 Å². The van der Waals surface area contributed by atoms with Crippen LogP contribution in [0.5, 0.6) is 5.75 Å². The third-order valence-corrected chi connectivity index (χ3v) is 3.09. The number of alkyl halides is 5. The maximum absolute atomic E-state index is 12.7.